The van der Waals surface area contributed by atoms with Crippen LogP contribution >= 0.6 is 0 Å². The van der Waals surface area contributed by atoms with E-state index in [1.807, 2.05) is 0 Å². The number of ether oxygens (including phenoxy) is 1. The van der Waals surface area contributed by atoms with Crippen LogP contribution in [0.1, 0.15) is 45.4 Å². The van der Waals surface area contributed by atoms with Crippen LogP contribution in [0.4, 0.5) is 0 Å². The quantitative estimate of drug-likeness (QED) is 0.490. The Morgan fingerprint density at radius 3 is 2.48 bits per heavy atom. The standard InChI is InChI=1S/C16H23NO4/c1-14(18)8-4-2-3-5-10-16(20)21-13-12-17-11-7-6-9-15(17)19/h6-7,9,11H,2-5,8,10,12-13H2,1H3. The van der Waals surface area contributed by atoms with E-state index >= 15 is 0 Å². The van der Waals surface area contributed by atoms with Crippen molar-refractivity contribution in [2.24, 2.45) is 0 Å². The van der Waals surface area contributed by atoms with Crippen LogP contribution in [0, 0.1) is 0 Å². The highest BCUT2D eigenvalue weighted by molar-refractivity contribution is 5.75. The van der Waals surface area contributed by atoms with Gasteiger partial charge in [0.1, 0.15) is 12.4 Å². The van der Waals surface area contributed by atoms with E-state index in [1.165, 1.54) is 10.6 Å². The first-order valence-corrected chi connectivity index (χ1v) is 7.40. The second kappa shape index (κ2) is 9.91. The van der Waals surface area contributed by atoms with Crippen molar-refractivity contribution in [1.29, 1.82) is 0 Å². The first-order chi connectivity index (χ1) is 10.1. The molecule has 0 aliphatic carbocycles. The summed E-state index contributed by atoms with van der Waals surface area (Å²) < 4.78 is 6.60. The van der Waals surface area contributed by atoms with Gasteiger partial charge in [0, 0.05) is 25.1 Å². The second-order valence-electron chi connectivity index (χ2n) is 5.07. The maximum atomic E-state index is 11.5. The fourth-order valence-electron chi connectivity index (χ4n) is 1.97. The molecule has 1 heterocycles. The molecule has 5 nitrogen and oxygen atoms in total. The molecule has 5 heteroatoms. The van der Waals surface area contributed by atoms with Crippen molar-refractivity contribution in [3.05, 3.63) is 34.7 Å². The van der Waals surface area contributed by atoms with E-state index in [9.17, 15) is 14.4 Å². The molecule has 0 aliphatic heterocycles. The molecule has 0 saturated heterocycles. The highest BCUT2D eigenvalue weighted by atomic mass is 16.5. The smallest absolute Gasteiger partial charge is 0.305 e. The van der Waals surface area contributed by atoms with Crippen molar-refractivity contribution < 1.29 is 14.3 Å². The zero-order valence-corrected chi connectivity index (χ0v) is 12.5. The molecule has 0 atom stereocenters. The maximum absolute atomic E-state index is 11.5. The molecule has 0 N–H and O–H groups in total. The molecule has 1 aromatic rings. The number of carbonyl (C=O) groups is 2. The van der Waals surface area contributed by atoms with Crippen molar-refractivity contribution in [3.8, 4) is 0 Å². The van der Waals surface area contributed by atoms with Crippen molar-refractivity contribution >= 4 is 11.8 Å². The molecule has 0 aliphatic rings. The SMILES string of the molecule is CC(=O)CCCCCCC(=O)OCCn1ccccc1=O. The Morgan fingerprint density at radius 2 is 1.81 bits per heavy atom. The van der Waals surface area contributed by atoms with Gasteiger partial charge in [-0.15, -0.1) is 0 Å². The Labute approximate surface area is 124 Å². The van der Waals surface area contributed by atoms with Gasteiger partial charge >= 0.3 is 5.97 Å². The van der Waals surface area contributed by atoms with Crippen LogP contribution in [0.5, 0.6) is 0 Å². The molecule has 116 valence electrons. The van der Waals surface area contributed by atoms with Crippen LogP contribution in [0.2, 0.25) is 0 Å². The molecule has 0 saturated carbocycles. The average Bonchev–Trinajstić information content (AvgIpc) is 2.44. The van der Waals surface area contributed by atoms with Gasteiger partial charge in [0.2, 0.25) is 0 Å². The predicted molar refractivity (Wildman–Crippen MR) is 80.0 cm³/mol. The van der Waals surface area contributed by atoms with E-state index in [0.29, 0.717) is 19.4 Å². The first-order valence-electron chi connectivity index (χ1n) is 7.40. The Balaban J connectivity index is 2.05. The molecular formula is C16H23NO4. The van der Waals surface area contributed by atoms with Crippen LogP contribution in [-0.4, -0.2) is 22.9 Å². The number of hydrogen-bond acceptors (Lipinski definition) is 4. The minimum atomic E-state index is -0.231. The first kappa shape index (κ1) is 17.1. The predicted octanol–water partition coefficient (Wildman–Crippen LogP) is 2.32. The molecule has 0 spiro atoms. The number of esters is 1. The third-order valence-corrected chi connectivity index (χ3v) is 3.15. The molecule has 0 aromatic carbocycles. The summed E-state index contributed by atoms with van der Waals surface area (Å²) in [4.78, 5) is 33.7. The topological polar surface area (TPSA) is 65.4 Å². The van der Waals surface area contributed by atoms with Crippen molar-refractivity contribution in [1.82, 2.24) is 4.57 Å². The molecule has 1 aromatic heterocycles. The van der Waals surface area contributed by atoms with Crippen LogP contribution < -0.4 is 5.56 Å². The highest BCUT2D eigenvalue weighted by Gasteiger charge is 2.03. The van der Waals surface area contributed by atoms with Crippen molar-refractivity contribution in [2.45, 2.75) is 52.0 Å². The van der Waals surface area contributed by atoms with Crippen LogP contribution in [0.15, 0.2) is 29.2 Å². The van der Waals surface area contributed by atoms with Crippen LogP contribution in [0.3, 0.4) is 0 Å². The number of Topliss-reactive ketones (excluding diaryl/α,β-unsaturated/α-hetero) is 1. The highest BCUT2D eigenvalue weighted by Crippen LogP contribution is 2.06. The fraction of sp³-hybridized carbons (Fsp3) is 0.562. The van der Waals surface area contributed by atoms with Gasteiger partial charge in [0.05, 0.1) is 6.54 Å². The van der Waals surface area contributed by atoms with E-state index < -0.39 is 0 Å². The number of pyridine rings is 1. The molecule has 0 fully saturated rings. The number of rotatable bonds is 10. The lowest BCUT2D eigenvalue weighted by molar-refractivity contribution is -0.144. The summed E-state index contributed by atoms with van der Waals surface area (Å²) in [6, 6.07) is 4.92. The van der Waals surface area contributed by atoms with E-state index in [4.69, 9.17) is 4.74 Å². The normalized spacial score (nSPS) is 10.3. The van der Waals surface area contributed by atoms with E-state index in [-0.39, 0.29) is 23.9 Å². The van der Waals surface area contributed by atoms with E-state index in [2.05, 4.69) is 0 Å². The van der Waals surface area contributed by atoms with Gasteiger partial charge in [-0.1, -0.05) is 18.9 Å². The molecule has 0 bridgehead atoms. The Kier molecular flexibility index (Phi) is 8.09. The molecule has 0 amide bonds. The van der Waals surface area contributed by atoms with Gasteiger partial charge in [-0.2, -0.15) is 0 Å². The number of nitrogens with zero attached hydrogens (tertiary/aromatic N) is 1. The summed E-state index contributed by atoms with van der Waals surface area (Å²) in [6.07, 6.45) is 6.25. The molecule has 0 unspecified atom stereocenters. The van der Waals surface area contributed by atoms with E-state index in [1.54, 1.807) is 25.3 Å². The monoisotopic (exact) mass is 293 g/mol. The zero-order valence-electron chi connectivity index (χ0n) is 12.5. The van der Waals surface area contributed by atoms with Gasteiger partial charge in [-0.3, -0.25) is 9.59 Å². The Morgan fingerprint density at radius 1 is 1.10 bits per heavy atom. The third kappa shape index (κ3) is 8.07. The molecule has 1 rings (SSSR count). The van der Waals surface area contributed by atoms with Crippen molar-refractivity contribution in [3.63, 3.8) is 0 Å². The van der Waals surface area contributed by atoms with E-state index in [0.717, 1.165) is 25.7 Å². The summed E-state index contributed by atoms with van der Waals surface area (Å²) in [5, 5.41) is 0. The van der Waals surface area contributed by atoms with Crippen molar-refractivity contribution in [2.75, 3.05) is 6.61 Å². The lowest BCUT2D eigenvalue weighted by Crippen LogP contribution is -2.21. The summed E-state index contributed by atoms with van der Waals surface area (Å²) in [6.45, 7) is 2.19. The summed E-state index contributed by atoms with van der Waals surface area (Å²) in [5.41, 5.74) is -0.0981. The molecule has 21 heavy (non-hydrogen) atoms. The maximum Gasteiger partial charge on any atom is 0.305 e. The zero-order chi connectivity index (χ0) is 15.5. The lowest BCUT2D eigenvalue weighted by atomic mass is 10.1. The summed E-state index contributed by atoms with van der Waals surface area (Å²) >= 11 is 0. The minimum absolute atomic E-state index is 0.0981. The number of hydrogen-bond donors (Lipinski definition) is 0. The van der Waals surface area contributed by atoms with Gasteiger partial charge < -0.3 is 14.1 Å². The third-order valence-electron chi connectivity index (χ3n) is 3.15. The van der Waals surface area contributed by atoms with Crippen LogP contribution in [0.25, 0.3) is 0 Å². The summed E-state index contributed by atoms with van der Waals surface area (Å²) in [5.74, 6) is -0.0175. The van der Waals surface area contributed by atoms with Crippen LogP contribution in [-0.2, 0) is 20.9 Å². The fourth-order valence-corrected chi connectivity index (χ4v) is 1.97. The molecular weight excluding hydrogens is 270 g/mol. The Bertz CT molecular complexity index is 507. The lowest BCUT2D eigenvalue weighted by Gasteiger charge is -2.06. The largest absolute Gasteiger partial charge is 0.464 e. The number of ketones is 1. The molecule has 0 radical (unpaired) electrons. The average molecular weight is 293 g/mol. The van der Waals surface area contributed by atoms with Gasteiger partial charge in [-0.25, -0.2) is 0 Å². The van der Waals surface area contributed by atoms with Gasteiger partial charge in [0.25, 0.3) is 5.56 Å². The van der Waals surface area contributed by atoms with Gasteiger partial charge in [-0.05, 0) is 25.8 Å². The number of carbonyl (C=O) groups excluding carboxylic acids is 2. The Hall–Kier alpha value is -1.91. The second-order valence-corrected chi connectivity index (χ2v) is 5.07. The van der Waals surface area contributed by atoms with Gasteiger partial charge in [0.15, 0.2) is 0 Å². The summed E-state index contributed by atoms with van der Waals surface area (Å²) in [7, 11) is 0. The number of aromatic nitrogens is 1. The minimum Gasteiger partial charge on any atom is -0.464 e. The number of unbranched alkanes of at least 4 members (excludes halogenated alkanes) is 3.